The highest BCUT2D eigenvalue weighted by atomic mass is 16.3. The predicted molar refractivity (Wildman–Crippen MR) is 93.3 cm³/mol. The molecule has 0 spiro atoms. The second-order valence-electron chi connectivity index (χ2n) is 9.92. The van der Waals surface area contributed by atoms with Crippen LogP contribution in [0.15, 0.2) is 11.6 Å². The van der Waals surface area contributed by atoms with Gasteiger partial charge < -0.3 is 10.2 Å². The Morgan fingerprint density at radius 2 is 1.92 bits per heavy atom. The number of allylic oxidation sites excluding steroid dienone is 1. The molecule has 0 aromatic heterocycles. The summed E-state index contributed by atoms with van der Waals surface area (Å²) in [5, 5.41) is 22.2. The third-order valence-electron chi connectivity index (χ3n) is 8.78. The maximum Gasteiger partial charge on any atom is 0.155 e. The maximum absolute atomic E-state index is 12.0. The Balaban J connectivity index is 1.79. The van der Waals surface area contributed by atoms with Gasteiger partial charge >= 0.3 is 0 Å². The lowest BCUT2D eigenvalue weighted by Crippen LogP contribution is -2.60. The number of aliphatic hydroxyl groups is 2. The number of hydrogen-bond acceptors (Lipinski definition) is 3. The van der Waals surface area contributed by atoms with Gasteiger partial charge in [-0.05, 0) is 74.2 Å². The first-order valence-corrected chi connectivity index (χ1v) is 9.75. The fourth-order valence-corrected chi connectivity index (χ4v) is 7.34. The zero-order valence-electron chi connectivity index (χ0n) is 15.5. The van der Waals surface area contributed by atoms with Crippen molar-refractivity contribution < 1.29 is 15.0 Å². The largest absolute Gasteiger partial charge is 0.393 e. The van der Waals surface area contributed by atoms with E-state index < -0.39 is 5.60 Å². The first-order chi connectivity index (χ1) is 11.1. The number of ketones is 1. The third-order valence-corrected chi connectivity index (χ3v) is 8.78. The van der Waals surface area contributed by atoms with Crippen LogP contribution in [0.5, 0.6) is 0 Å². The molecule has 0 aromatic rings. The van der Waals surface area contributed by atoms with Gasteiger partial charge in [0, 0.05) is 11.8 Å². The lowest BCUT2D eigenvalue weighted by Gasteiger charge is -2.61. The van der Waals surface area contributed by atoms with Crippen molar-refractivity contribution in [1.29, 1.82) is 0 Å². The van der Waals surface area contributed by atoms with Crippen molar-refractivity contribution in [1.82, 2.24) is 0 Å². The Labute approximate surface area is 145 Å². The van der Waals surface area contributed by atoms with Gasteiger partial charge in [-0.3, -0.25) is 4.79 Å². The van der Waals surface area contributed by atoms with E-state index in [1.165, 1.54) is 5.57 Å². The van der Waals surface area contributed by atoms with Crippen molar-refractivity contribution in [3.63, 3.8) is 0 Å². The molecule has 4 aliphatic carbocycles. The minimum absolute atomic E-state index is 0.0502. The summed E-state index contributed by atoms with van der Waals surface area (Å²) < 4.78 is 0. The molecule has 3 saturated carbocycles. The van der Waals surface area contributed by atoms with Crippen LogP contribution < -0.4 is 0 Å². The van der Waals surface area contributed by atoms with Crippen molar-refractivity contribution in [2.45, 2.75) is 77.9 Å². The van der Waals surface area contributed by atoms with E-state index in [-0.39, 0.29) is 28.6 Å². The molecule has 0 radical (unpaired) electrons. The number of carbonyl (C=O) groups is 1. The Morgan fingerprint density at radius 1 is 1.21 bits per heavy atom. The Hall–Kier alpha value is -0.670. The van der Waals surface area contributed by atoms with Gasteiger partial charge in [0.25, 0.3) is 0 Å². The van der Waals surface area contributed by atoms with E-state index in [0.717, 1.165) is 25.7 Å². The second kappa shape index (κ2) is 4.94. The molecular formula is C21H32O3. The van der Waals surface area contributed by atoms with Crippen LogP contribution in [0.4, 0.5) is 0 Å². The molecule has 3 fully saturated rings. The maximum atomic E-state index is 12.0. The van der Waals surface area contributed by atoms with Crippen LogP contribution in [0.2, 0.25) is 0 Å². The molecule has 0 bridgehead atoms. The van der Waals surface area contributed by atoms with Crippen LogP contribution in [0, 0.1) is 34.5 Å². The summed E-state index contributed by atoms with van der Waals surface area (Å²) in [5.74, 6) is 1.84. The van der Waals surface area contributed by atoms with E-state index in [9.17, 15) is 15.0 Å². The Morgan fingerprint density at radius 3 is 2.62 bits per heavy atom. The Bertz CT molecular complexity index is 606. The molecule has 4 aliphatic rings. The number of carbonyl (C=O) groups excluding carboxylic acids is 1. The number of aliphatic hydroxyl groups excluding tert-OH is 1. The molecule has 0 aromatic carbocycles. The van der Waals surface area contributed by atoms with E-state index in [1.54, 1.807) is 0 Å². The van der Waals surface area contributed by atoms with E-state index in [2.05, 4.69) is 20.8 Å². The summed E-state index contributed by atoms with van der Waals surface area (Å²) in [6, 6.07) is 0. The fourth-order valence-electron chi connectivity index (χ4n) is 7.34. The highest BCUT2D eigenvalue weighted by Gasteiger charge is 2.65. The zero-order valence-corrected chi connectivity index (χ0v) is 15.5. The van der Waals surface area contributed by atoms with Crippen LogP contribution in [-0.2, 0) is 4.79 Å². The third kappa shape index (κ3) is 1.94. The van der Waals surface area contributed by atoms with Gasteiger partial charge in [0.1, 0.15) is 0 Å². The summed E-state index contributed by atoms with van der Waals surface area (Å²) in [7, 11) is 0. The normalized spacial score (nSPS) is 57.0. The summed E-state index contributed by atoms with van der Waals surface area (Å²) in [4.78, 5) is 12.0. The van der Waals surface area contributed by atoms with E-state index >= 15 is 0 Å². The van der Waals surface area contributed by atoms with E-state index in [0.29, 0.717) is 30.6 Å². The summed E-state index contributed by atoms with van der Waals surface area (Å²) in [5.41, 5.74) is 0.375. The highest BCUT2D eigenvalue weighted by Crippen LogP contribution is 2.68. The van der Waals surface area contributed by atoms with Crippen molar-refractivity contribution in [3.05, 3.63) is 11.6 Å². The van der Waals surface area contributed by atoms with Crippen molar-refractivity contribution in [2.75, 3.05) is 0 Å². The van der Waals surface area contributed by atoms with Gasteiger partial charge in [-0.25, -0.2) is 0 Å². The zero-order chi connectivity index (χ0) is 17.5. The Kier molecular flexibility index (Phi) is 3.46. The van der Waals surface area contributed by atoms with Gasteiger partial charge in [-0.1, -0.05) is 26.3 Å². The van der Waals surface area contributed by atoms with Gasteiger partial charge in [0.15, 0.2) is 5.78 Å². The molecule has 3 heteroatoms. The van der Waals surface area contributed by atoms with Crippen molar-refractivity contribution in [2.24, 2.45) is 34.5 Å². The summed E-state index contributed by atoms with van der Waals surface area (Å²) >= 11 is 0. The van der Waals surface area contributed by atoms with Crippen LogP contribution in [0.3, 0.4) is 0 Å². The molecule has 0 saturated heterocycles. The molecular weight excluding hydrogens is 300 g/mol. The second-order valence-corrected chi connectivity index (χ2v) is 9.92. The minimum Gasteiger partial charge on any atom is -0.393 e. The van der Waals surface area contributed by atoms with Gasteiger partial charge in [0.05, 0.1) is 11.7 Å². The van der Waals surface area contributed by atoms with Gasteiger partial charge in [0.2, 0.25) is 0 Å². The topological polar surface area (TPSA) is 57.5 Å². The highest BCUT2D eigenvalue weighted by molar-refractivity contribution is 5.91. The van der Waals surface area contributed by atoms with Crippen LogP contribution >= 0.6 is 0 Å². The van der Waals surface area contributed by atoms with Crippen molar-refractivity contribution >= 4 is 5.78 Å². The van der Waals surface area contributed by atoms with E-state index in [4.69, 9.17) is 0 Å². The van der Waals surface area contributed by atoms with Crippen LogP contribution in [0.25, 0.3) is 0 Å². The number of rotatable bonds is 0. The van der Waals surface area contributed by atoms with Crippen LogP contribution in [0.1, 0.15) is 66.2 Å². The predicted octanol–water partition coefficient (Wildman–Crippen LogP) is 3.49. The lowest BCUT2D eigenvalue weighted by molar-refractivity contribution is -0.170. The first-order valence-electron chi connectivity index (χ1n) is 9.75. The molecule has 0 unspecified atom stereocenters. The van der Waals surface area contributed by atoms with Gasteiger partial charge in [-0.15, -0.1) is 0 Å². The molecule has 24 heavy (non-hydrogen) atoms. The SMILES string of the molecule is C[C@H]1C[C@@H]2[C@H]([C@@H](O)C[C@@]3(C)[C@H]2CC[C@]3(C)O)[C@@]2(C)CCC(=O)C=C12. The molecule has 3 nitrogen and oxygen atoms in total. The molecule has 134 valence electrons. The summed E-state index contributed by atoms with van der Waals surface area (Å²) in [6.45, 7) is 8.72. The quantitative estimate of drug-likeness (QED) is 0.714. The monoisotopic (exact) mass is 332 g/mol. The average Bonchev–Trinajstić information content (AvgIpc) is 2.71. The molecule has 0 amide bonds. The molecule has 4 rings (SSSR count). The molecule has 0 aliphatic heterocycles. The molecule has 2 N–H and O–H groups in total. The lowest BCUT2D eigenvalue weighted by atomic mass is 9.44. The van der Waals surface area contributed by atoms with E-state index in [1.807, 2.05) is 13.0 Å². The first kappa shape index (κ1) is 16.8. The van der Waals surface area contributed by atoms with Gasteiger partial charge in [-0.2, -0.15) is 0 Å². The number of fused-ring (bicyclic) bond motifs is 5. The van der Waals surface area contributed by atoms with Crippen molar-refractivity contribution in [3.8, 4) is 0 Å². The standard InChI is InChI=1S/C21H32O3/c1-12-9-14-15-6-8-21(4,24)20(15,3)11-17(23)18(14)19(2)7-5-13(22)10-16(12)19/h10,12,14-15,17-18,23-24H,5-9,11H2,1-4H3/t12-,14-,15-,17-,18+,19-,20-,21-/m0/s1. The average molecular weight is 332 g/mol. The molecule has 8 atom stereocenters. The van der Waals surface area contributed by atoms with Crippen LogP contribution in [-0.4, -0.2) is 27.7 Å². The molecule has 0 heterocycles. The number of hydrogen-bond donors (Lipinski definition) is 2. The fraction of sp³-hybridized carbons (Fsp3) is 0.857. The smallest absolute Gasteiger partial charge is 0.155 e. The summed E-state index contributed by atoms with van der Waals surface area (Å²) in [6.07, 6.45) is 6.66. The minimum atomic E-state index is -0.674.